The van der Waals surface area contributed by atoms with Crippen LogP contribution in [0.5, 0.6) is 0 Å². The molecule has 5 aromatic rings. The van der Waals surface area contributed by atoms with Gasteiger partial charge in [-0.15, -0.1) is 0 Å². The molecule has 1 aliphatic carbocycles. The minimum Gasteiger partial charge on any atom is -0.338 e. The molecule has 0 bridgehead atoms. The molecule has 1 saturated heterocycles. The third-order valence-corrected chi connectivity index (χ3v) is 9.05. The first-order valence-corrected chi connectivity index (χ1v) is 14.9. The largest absolute Gasteiger partial charge is 0.338 e. The molecule has 5 heterocycles. The van der Waals surface area contributed by atoms with E-state index in [0.29, 0.717) is 33.6 Å². The van der Waals surface area contributed by atoms with Crippen LogP contribution in [-0.2, 0) is 6.42 Å². The second-order valence-electron chi connectivity index (χ2n) is 10.9. The zero-order valence-electron chi connectivity index (χ0n) is 23.6. The molecule has 4 aromatic heterocycles. The summed E-state index contributed by atoms with van der Waals surface area (Å²) in [5.74, 6) is 1.19. The van der Waals surface area contributed by atoms with Crippen LogP contribution < -0.4 is 15.1 Å². The second-order valence-corrected chi connectivity index (χ2v) is 11.9. The number of nitrogens with zero attached hydrogens (tertiary/aromatic N) is 9. The number of rotatable bonds is 8. The Morgan fingerprint density at radius 3 is 2.42 bits per heavy atom. The van der Waals surface area contributed by atoms with E-state index in [-0.39, 0.29) is 17.4 Å². The van der Waals surface area contributed by atoms with Crippen LogP contribution in [0.15, 0.2) is 55.0 Å². The van der Waals surface area contributed by atoms with Crippen LogP contribution in [0.4, 0.5) is 21.3 Å². The quantitative estimate of drug-likeness (QED) is 0.263. The predicted molar refractivity (Wildman–Crippen MR) is 163 cm³/mol. The number of nitrogens with one attached hydrogen (secondary N) is 1. The molecule has 0 unspecified atom stereocenters. The van der Waals surface area contributed by atoms with Crippen molar-refractivity contribution in [2.45, 2.75) is 37.8 Å². The average Bonchev–Trinajstić information content (AvgIpc) is 3.50. The summed E-state index contributed by atoms with van der Waals surface area (Å²) in [6.07, 6.45) is 8.23. The van der Waals surface area contributed by atoms with Crippen molar-refractivity contribution in [3.63, 3.8) is 0 Å². The number of anilines is 3. The van der Waals surface area contributed by atoms with Gasteiger partial charge in [0.15, 0.2) is 5.13 Å². The van der Waals surface area contributed by atoms with E-state index < -0.39 is 0 Å². The van der Waals surface area contributed by atoms with E-state index in [1.54, 1.807) is 12.1 Å². The van der Waals surface area contributed by atoms with Gasteiger partial charge in [0.1, 0.15) is 39.5 Å². The predicted octanol–water partition coefficient (Wildman–Crippen LogP) is 5.09. The molecule has 1 saturated carbocycles. The van der Waals surface area contributed by atoms with E-state index in [0.717, 1.165) is 54.2 Å². The number of imidazole rings is 1. The van der Waals surface area contributed by atoms with Crippen LogP contribution in [0.1, 0.15) is 30.3 Å². The van der Waals surface area contributed by atoms with E-state index in [1.165, 1.54) is 23.5 Å². The van der Waals surface area contributed by atoms with Gasteiger partial charge in [0.25, 0.3) is 0 Å². The number of nitriles is 2. The standard InChI is InChI=1S/C31H27FN10S/c1-3-24-28(40(2)30-38-27(25(12-33)43-30)19-4-7-22(32)8-5-19)42-15-20(6-9-26(42)37-24)21-13-35-29(36-14-21)41-16-23(17-41)39-31(18-34)10-11-31/h4-9,13-15,23,39H,3,10-11,16-17H2,1-2H3. The maximum Gasteiger partial charge on any atom is 0.225 e. The molecule has 12 heteroatoms. The molecule has 43 heavy (non-hydrogen) atoms. The zero-order valence-corrected chi connectivity index (χ0v) is 24.4. The van der Waals surface area contributed by atoms with Crippen molar-refractivity contribution in [3.8, 4) is 34.5 Å². The molecule has 1 N–H and O–H groups in total. The smallest absolute Gasteiger partial charge is 0.225 e. The minimum absolute atomic E-state index is 0.283. The van der Waals surface area contributed by atoms with Crippen LogP contribution >= 0.6 is 11.3 Å². The Bertz CT molecular complexity index is 1910. The maximum absolute atomic E-state index is 13.5. The second kappa shape index (κ2) is 10.4. The van der Waals surface area contributed by atoms with Crippen molar-refractivity contribution < 1.29 is 4.39 Å². The summed E-state index contributed by atoms with van der Waals surface area (Å²) in [6, 6.07) is 14.9. The van der Waals surface area contributed by atoms with Gasteiger partial charge in [-0.1, -0.05) is 18.3 Å². The van der Waals surface area contributed by atoms with Crippen molar-refractivity contribution in [2.75, 3.05) is 29.9 Å². The Hall–Kier alpha value is -4.91. The molecule has 1 aliphatic heterocycles. The van der Waals surface area contributed by atoms with Crippen LogP contribution in [0.25, 0.3) is 28.0 Å². The van der Waals surface area contributed by atoms with E-state index in [2.05, 4.69) is 39.2 Å². The Balaban J connectivity index is 1.16. The highest BCUT2D eigenvalue weighted by Crippen LogP contribution is 2.38. The fourth-order valence-corrected chi connectivity index (χ4v) is 6.29. The normalized spacial score (nSPS) is 15.6. The van der Waals surface area contributed by atoms with Gasteiger partial charge in [-0.05, 0) is 55.7 Å². The summed E-state index contributed by atoms with van der Waals surface area (Å²) in [4.78, 5) is 23.4. The highest BCUT2D eigenvalue weighted by atomic mass is 32.1. The number of hydrogen-bond donors (Lipinski definition) is 1. The molecule has 7 rings (SSSR count). The first-order chi connectivity index (χ1) is 20.9. The first-order valence-electron chi connectivity index (χ1n) is 14.1. The number of fused-ring (bicyclic) bond motifs is 1. The van der Waals surface area contributed by atoms with Crippen molar-refractivity contribution in [2.24, 2.45) is 0 Å². The fraction of sp³-hybridized carbons (Fsp3) is 0.290. The van der Waals surface area contributed by atoms with E-state index in [9.17, 15) is 14.9 Å². The highest BCUT2D eigenvalue weighted by molar-refractivity contribution is 7.16. The molecule has 214 valence electrons. The Morgan fingerprint density at radius 1 is 1.05 bits per heavy atom. The molecular weight excluding hydrogens is 563 g/mol. The number of benzene rings is 1. The van der Waals surface area contributed by atoms with Gasteiger partial charge in [-0.25, -0.2) is 24.3 Å². The van der Waals surface area contributed by atoms with Gasteiger partial charge in [0.05, 0.1) is 11.8 Å². The average molecular weight is 591 g/mol. The molecular formula is C31H27FN10S. The fourth-order valence-electron chi connectivity index (χ4n) is 5.44. The summed E-state index contributed by atoms with van der Waals surface area (Å²) in [6.45, 7) is 3.62. The topological polar surface area (TPSA) is 122 Å². The summed E-state index contributed by atoms with van der Waals surface area (Å²) >= 11 is 1.29. The molecule has 0 atom stereocenters. The van der Waals surface area contributed by atoms with Crippen molar-refractivity contribution in [1.29, 1.82) is 10.5 Å². The molecule has 0 amide bonds. The summed E-state index contributed by atoms with van der Waals surface area (Å²) < 4.78 is 15.5. The van der Waals surface area contributed by atoms with Crippen molar-refractivity contribution in [3.05, 3.63) is 71.4 Å². The minimum atomic E-state index is -0.339. The number of aromatic nitrogens is 5. The van der Waals surface area contributed by atoms with Gasteiger partial charge in [0, 0.05) is 61.5 Å². The first kappa shape index (κ1) is 27.0. The lowest BCUT2D eigenvalue weighted by Crippen LogP contribution is -2.61. The highest BCUT2D eigenvalue weighted by Gasteiger charge is 2.46. The molecule has 0 radical (unpaired) electrons. The number of pyridine rings is 1. The summed E-state index contributed by atoms with van der Waals surface area (Å²) in [7, 11) is 1.92. The third kappa shape index (κ3) is 4.84. The zero-order chi connectivity index (χ0) is 29.7. The third-order valence-electron chi connectivity index (χ3n) is 8.02. The monoisotopic (exact) mass is 590 g/mol. The number of thiazole rings is 1. The Labute approximate surface area is 251 Å². The SMILES string of the molecule is CCc1nc2ccc(-c3cnc(N4CC(NC5(C#N)CC5)C4)nc3)cn2c1N(C)c1nc(-c2ccc(F)cc2)c(C#N)s1. The lowest BCUT2D eigenvalue weighted by molar-refractivity contribution is 0.384. The molecule has 2 fully saturated rings. The lowest BCUT2D eigenvalue weighted by atomic mass is 10.1. The number of hydrogen-bond acceptors (Lipinski definition) is 10. The number of halogens is 1. The van der Waals surface area contributed by atoms with Crippen LogP contribution in [0, 0.1) is 28.5 Å². The van der Waals surface area contributed by atoms with Crippen LogP contribution in [0.2, 0.25) is 0 Å². The van der Waals surface area contributed by atoms with Crippen LogP contribution in [-0.4, -0.2) is 56.1 Å². The van der Waals surface area contributed by atoms with Gasteiger partial charge >= 0.3 is 0 Å². The molecule has 10 nitrogen and oxygen atoms in total. The molecule has 2 aliphatic rings. The van der Waals surface area contributed by atoms with E-state index >= 15 is 0 Å². The van der Waals surface area contributed by atoms with Gasteiger partial charge in [0.2, 0.25) is 5.95 Å². The molecule has 1 aromatic carbocycles. The van der Waals surface area contributed by atoms with Crippen molar-refractivity contribution >= 4 is 33.9 Å². The number of aryl methyl sites for hydroxylation is 1. The van der Waals surface area contributed by atoms with Gasteiger partial charge in [-0.2, -0.15) is 10.5 Å². The van der Waals surface area contributed by atoms with Gasteiger partial charge < -0.3 is 9.80 Å². The summed E-state index contributed by atoms with van der Waals surface area (Å²) in [5.41, 5.74) is 4.40. The summed E-state index contributed by atoms with van der Waals surface area (Å²) in [5, 5.41) is 23.2. The lowest BCUT2D eigenvalue weighted by Gasteiger charge is -2.40. The Kier molecular flexibility index (Phi) is 6.53. The van der Waals surface area contributed by atoms with Crippen LogP contribution in [0.3, 0.4) is 0 Å². The van der Waals surface area contributed by atoms with Gasteiger partial charge in [-0.3, -0.25) is 9.72 Å². The molecule has 0 spiro atoms. The van der Waals surface area contributed by atoms with E-state index in [4.69, 9.17) is 9.97 Å². The Morgan fingerprint density at radius 2 is 1.77 bits per heavy atom. The van der Waals surface area contributed by atoms with E-state index in [1.807, 2.05) is 47.1 Å². The van der Waals surface area contributed by atoms with Crippen molar-refractivity contribution in [1.82, 2.24) is 29.7 Å². The maximum atomic E-state index is 13.5.